The summed E-state index contributed by atoms with van der Waals surface area (Å²) < 4.78 is 15.6. The second-order valence-electron chi connectivity index (χ2n) is 5.10. The zero-order valence-electron chi connectivity index (χ0n) is 12.2. The number of aldehydes is 1. The van der Waals surface area contributed by atoms with Crippen molar-refractivity contribution in [3.05, 3.63) is 65.1 Å². The number of carbonyl (C=O) groups excluding carboxylic acids is 1. The van der Waals surface area contributed by atoms with Crippen molar-refractivity contribution >= 4 is 6.29 Å². The molecule has 0 atom stereocenters. The summed E-state index contributed by atoms with van der Waals surface area (Å²) in [5.74, 6) is -0.419. The quantitative estimate of drug-likeness (QED) is 0.695. The van der Waals surface area contributed by atoms with Crippen LogP contribution in [0.2, 0.25) is 0 Å². The van der Waals surface area contributed by atoms with Crippen LogP contribution in [0.4, 0.5) is 4.39 Å². The van der Waals surface area contributed by atoms with Crippen LogP contribution < -0.4 is 0 Å². The van der Waals surface area contributed by atoms with E-state index in [1.807, 2.05) is 32.0 Å². The van der Waals surface area contributed by atoms with Gasteiger partial charge in [0.25, 0.3) is 0 Å². The third-order valence-corrected chi connectivity index (χ3v) is 3.67. The standard InChI is InChI=1S/C17H14FN3O/c1-11-7-8-13(9-12(11)2)21-17(16(10-22)19-20-21)14-5-3-4-6-15(14)18/h3-10H,1-2H3. The predicted octanol–water partition coefficient (Wildman–Crippen LogP) is 3.50. The topological polar surface area (TPSA) is 47.8 Å². The highest BCUT2D eigenvalue weighted by Gasteiger charge is 2.18. The van der Waals surface area contributed by atoms with E-state index in [1.54, 1.807) is 18.2 Å². The van der Waals surface area contributed by atoms with Crippen molar-refractivity contribution in [1.82, 2.24) is 15.0 Å². The van der Waals surface area contributed by atoms with Crippen LogP contribution in [0.15, 0.2) is 42.5 Å². The van der Waals surface area contributed by atoms with Gasteiger partial charge in [-0.3, -0.25) is 4.79 Å². The van der Waals surface area contributed by atoms with Crippen LogP contribution in [0.3, 0.4) is 0 Å². The second-order valence-corrected chi connectivity index (χ2v) is 5.10. The average Bonchev–Trinajstić information content (AvgIpc) is 2.94. The molecule has 3 rings (SSSR count). The van der Waals surface area contributed by atoms with Crippen LogP contribution in [-0.4, -0.2) is 21.3 Å². The number of rotatable bonds is 3. The fraction of sp³-hybridized carbons (Fsp3) is 0.118. The van der Waals surface area contributed by atoms with E-state index in [4.69, 9.17) is 0 Å². The molecule has 22 heavy (non-hydrogen) atoms. The minimum absolute atomic E-state index is 0.114. The Balaban J connectivity index is 2.26. The third-order valence-electron chi connectivity index (χ3n) is 3.67. The number of carbonyl (C=O) groups is 1. The fourth-order valence-electron chi connectivity index (χ4n) is 2.32. The van der Waals surface area contributed by atoms with Crippen molar-refractivity contribution in [1.29, 1.82) is 0 Å². The summed E-state index contributed by atoms with van der Waals surface area (Å²) in [4.78, 5) is 11.2. The van der Waals surface area contributed by atoms with E-state index in [0.29, 0.717) is 17.5 Å². The lowest BCUT2D eigenvalue weighted by Crippen LogP contribution is -2.02. The Morgan fingerprint density at radius 1 is 1.09 bits per heavy atom. The first-order valence-electron chi connectivity index (χ1n) is 6.85. The number of hydrogen-bond acceptors (Lipinski definition) is 3. The molecule has 0 bridgehead atoms. The van der Waals surface area contributed by atoms with Crippen molar-refractivity contribution in [3.8, 4) is 16.9 Å². The first kappa shape index (κ1) is 14.1. The highest BCUT2D eigenvalue weighted by atomic mass is 19.1. The van der Waals surface area contributed by atoms with Gasteiger partial charge < -0.3 is 0 Å². The number of aryl methyl sites for hydroxylation is 2. The summed E-state index contributed by atoms with van der Waals surface area (Å²) in [6, 6.07) is 12.0. The number of hydrogen-bond donors (Lipinski definition) is 0. The molecule has 0 aliphatic rings. The minimum atomic E-state index is -0.419. The van der Waals surface area contributed by atoms with E-state index >= 15 is 0 Å². The fourth-order valence-corrected chi connectivity index (χ4v) is 2.32. The van der Waals surface area contributed by atoms with E-state index in [2.05, 4.69) is 10.3 Å². The van der Waals surface area contributed by atoms with Crippen LogP contribution >= 0.6 is 0 Å². The largest absolute Gasteiger partial charge is 0.296 e. The monoisotopic (exact) mass is 295 g/mol. The van der Waals surface area contributed by atoms with Gasteiger partial charge in [-0.2, -0.15) is 0 Å². The number of benzene rings is 2. The molecule has 110 valence electrons. The summed E-state index contributed by atoms with van der Waals surface area (Å²) in [5, 5.41) is 7.87. The van der Waals surface area contributed by atoms with Gasteiger partial charge in [-0.1, -0.05) is 23.4 Å². The molecule has 0 aliphatic carbocycles. The van der Waals surface area contributed by atoms with Crippen molar-refractivity contribution in [2.75, 3.05) is 0 Å². The maximum Gasteiger partial charge on any atom is 0.172 e. The molecule has 0 spiro atoms. The van der Waals surface area contributed by atoms with E-state index in [0.717, 1.165) is 16.8 Å². The molecular formula is C17H14FN3O. The molecule has 3 aromatic rings. The highest BCUT2D eigenvalue weighted by molar-refractivity contribution is 5.84. The molecule has 0 radical (unpaired) electrons. The number of aromatic nitrogens is 3. The van der Waals surface area contributed by atoms with Gasteiger partial charge >= 0.3 is 0 Å². The number of nitrogens with zero attached hydrogens (tertiary/aromatic N) is 3. The van der Waals surface area contributed by atoms with Gasteiger partial charge in [0.15, 0.2) is 12.0 Å². The molecule has 0 fully saturated rings. The molecule has 0 saturated heterocycles. The Morgan fingerprint density at radius 3 is 2.55 bits per heavy atom. The summed E-state index contributed by atoms with van der Waals surface area (Å²) in [6.07, 6.45) is 0.590. The lowest BCUT2D eigenvalue weighted by molar-refractivity contribution is 0.111. The summed E-state index contributed by atoms with van der Waals surface area (Å²) >= 11 is 0. The maximum absolute atomic E-state index is 14.1. The lowest BCUT2D eigenvalue weighted by Gasteiger charge is -2.09. The Bertz CT molecular complexity index is 855. The SMILES string of the molecule is Cc1ccc(-n2nnc(C=O)c2-c2ccccc2F)cc1C. The van der Waals surface area contributed by atoms with Gasteiger partial charge in [0, 0.05) is 5.56 Å². The van der Waals surface area contributed by atoms with Crippen LogP contribution in [0, 0.1) is 19.7 Å². The first-order chi connectivity index (χ1) is 10.6. The number of halogens is 1. The Kier molecular flexibility index (Phi) is 3.55. The van der Waals surface area contributed by atoms with Gasteiger partial charge in [-0.25, -0.2) is 9.07 Å². The van der Waals surface area contributed by atoms with Gasteiger partial charge in [-0.15, -0.1) is 5.10 Å². The Morgan fingerprint density at radius 2 is 1.86 bits per heavy atom. The van der Waals surface area contributed by atoms with Gasteiger partial charge in [-0.05, 0) is 49.2 Å². The summed E-state index contributed by atoms with van der Waals surface area (Å²) in [6.45, 7) is 3.99. The van der Waals surface area contributed by atoms with E-state index in [9.17, 15) is 9.18 Å². The Labute approximate surface area is 127 Å². The molecule has 1 aromatic heterocycles. The van der Waals surface area contributed by atoms with Gasteiger partial charge in [0.2, 0.25) is 0 Å². The van der Waals surface area contributed by atoms with Gasteiger partial charge in [0.1, 0.15) is 11.5 Å². The third kappa shape index (κ3) is 2.30. The Hall–Kier alpha value is -2.82. The highest BCUT2D eigenvalue weighted by Crippen LogP contribution is 2.27. The van der Waals surface area contributed by atoms with E-state index < -0.39 is 5.82 Å². The predicted molar refractivity (Wildman–Crippen MR) is 81.6 cm³/mol. The molecule has 0 saturated carbocycles. The minimum Gasteiger partial charge on any atom is -0.296 e. The van der Waals surface area contributed by atoms with Gasteiger partial charge in [0.05, 0.1) is 5.69 Å². The molecule has 0 aliphatic heterocycles. The van der Waals surface area contributed by atoms with Crippen molar-refractivity contribution < 1.29 is 9.18 Å². The molecule has 0 N–H and O–H groups in total. The smallest absolute Gasteiger partial charge is 0.172 e. The summed E-state index contributed by atoms with van der Waals surface area (Å²) in [7, 11) is 0. The van der Waals surface area contributed by atoms with Crippen molar-refractivity contribution in [3.63, 3.8) is 0 Å². The van der Waals surface area contributed by atoms with E-state index in [-0.39, 0.29) is 5.69 Å². The lowest BCUT2D eigenvalue weighted by atomic mass is 10.1. The maximum atomic E-state index is 14.1. The molecule has 5 heteroatoms. The van der Waals surface area contributed by atoms with Crippen LogP contribution in [0.5, 0.6) is 0 Å². The van der Waals surface area contributed by atoms with Crippen molar-refractivity contribution in [2.24, 2.45) is 0 Å². The van der Waals surface area contributed by atoms with Crippen LogP contribution in [0.1, 0.15) is 21.6 Å². The molecule has 4 nitrogen and oxygen atoms in total. The average molecular weight is 295 g/mol. The van der Waals surface area contributed by atoms with Crippen LogP contribution in [0.25, 0.3) is 16.9 Å². The molecule has 1 heterocycles. The molecule has 0 unspecified atom stereocenters. The molecule has 0 amide bonds. The van der Waals surface area contributed by atoms with Crippen LogP contribution in [-0.2, 0) is 0 Å². The second kappa shape index (κ2) is 5.52. The molecule has 2 aromatic carbocycles. The summed E-state index contributed by atoms with van der Waals surface area (Å²) in [5.41, 5.74) is 3.74. The molecular weight excluding hydrogens is 281 g/mol. The van der Waals surface area contributed by atoms with E-state index in [1.165, 1.54) is 10.7 Å². The first-order valence-corrected chi connectivity index (χ1v) is 6.85. The normalized spacial score (nSPS) is 10.7. The zero-order chi connectivity index (χ0) is 15.7. The van der Waals surface area contributed by atoms with Crippen molar-refractivity contribution in [2.45, 2.75) is 13.8 Å². The zero-order valence-corrected chi connectivity index (χ0v) is 12.2.